The maximum Gasteiger partial charge on any atom is 0.265 e. The molecule has 0 unspecified atom stereocenters. The van der Waals surface area contributed by atoms with E-state index in [0.717, 1.165) is 37.9 Å². The normalized spacial score (nSPS) is 14.7. The van der Waals surface area contributed by atoms with Crippen molar-refractivity contribution in [2.24, 2.45) is 7.05 Å². The van der Waals surface area contributed by atoms with Gasteiger partial charge in [-0.25, -0.2) is 18.4 Å². The standard InChI is InChI=1S/C21H26N6O2S/c1-3-27(18-7-5-4-6-8-18)30(28,29)19-9-10-20(23-17-19)25-13-15-26(16-14-25)21-22-11-12-24(21)2/h4-12,17H,3,13-16H2,1-2H3. The van der Waals surface area contributed by atoms with Crippen LogP contribution in [0.2, 0.25) is 0 Å². The number of piperazine rings is 1. The van der Waals surface area contributed by atoms with Gasteiger partial charge in [-0.3, -0.25) is 4.31 Å². The Morgan fingerprint density at radius 1 is 0.967 bits per heavy atom. The van der Waals surface area contributed by atoms with Gasteiger partial charge in [-0.2, -0.15) is 0 Å². The number of anilines is 3. The van der Waals surface area contributed by atoms with E-state index < -0.39 is 10.0 Å². The maximum atomic E-state index is 13.1. The molecule has 1 aliphatic rings. The van der Waals surface area contributed by atoms with Crippen LogP contribution in [-0.4, -0.2) is 55.7 Å². The smallest absolute Gasteiger partial charge is 0.265 e. The van der Waals surface area contributed by atoms with Crippen molar-refractivity contribution in [1.29, 1.82) is 0 Å². The number of imidazole rings is 1. The molecule has 1 saturated heterocycles. The van der Waals surface area contributed by atoms with E-state index in [2.05, 4.69) is 19.8 Å². The number of pyridine rings is 1. The highest BCUT2D eigenvalue weighted by Crippen LogP contribution is 2.24. The molecule has 30 heavy (non-hydrogen) atoms. The summed E-state index contributed by atoms with van der Waals surface area (Å²) in [5.74, 6) is 1.75. The molecular weight excluding hydrogens is 400 g/mol. The molecule has 0 saturated carbocycles. The molecule has 1 fully saturated rings. The van der Waals surface area contributed by atoms with Gasteiger partial charge in [-0.15, -0.1) is 0 Å². The summed E-state index contributed by atoms with van der Waals surface area (Å²) >= 11 is 0. The fourth-order valence-electron chi connectivity index (χ4n) is 3.72. The summed E-state index contributed by atoms with van der Waals surface area (Å²) in [7, 11) is -1.67. The summed E-state index contributed by atoms with van der Waals surface area (Å²) in [4.78, 5) is 13.5. The highest BCUT2D eigenvalue weighted by molar-refractivity contribution is 7.92. The van der Waals surface area contributed by atoms with Crippen LogP contribution in [0.3, 0.4) is 0 Å². The van der Waals surface area contributed by atoms with Gasteiger partial charge in [0.05, 0.1) is 5.69 Å². The molecule has 0 radical (unpaired) electrons. The Bertz CT molecular complexity index is 1070. The average molecular weight is 427 g/mol. The van der Waals surface area contributed by atoms with Crippen LogP contribution >= 0.6 is 0 Å². The number of nitrogens with zero attached hydrogens (tertiary/aromatic N) is 6. The number of hydrogen-bond donors (Lipinski definition) is 0. The SMILES string of the molecule is CCN(c1ccccc1)S(=O)(=O)c1ccc(N2CCN(c3nccn3C)CC2)nc1. The van der Waals surface area contributed by atoms with Crippen molar-refractivity contribution in [2.45, 2.75) is 11.8 Å². The molecule has 2 aromatic heterocycles. The summed E-state index contributed by atoms with van der Waals surface area (Å²) in [6.45, 7) is 5.46. The molecule has 1 aliphatic heterocycles. The minimum absolute atomic E-state index is 0.198. The highest BCUT2D eigenvalue weighted by atomic mass is 32.2. The minimum atomic E-state index is -3.66. The number of benzene rings is 1. The number of para-hydroxylation sites is 1. The van der Waals surface area contributed by atoms with Crippen LogP contribution in [0, 0.1) is 0 Å². The van der Waals surface area contributed by atoms with Gasteiger partial charge in [0.15, 0.2) is 0 Å². The second-order valence-corrected chi connectivity index (χ2v) is 9.03. The van der Waals surface area contributed by atoms with E-state index in [9.17, 15) is 8.42 Å². The Labute approximate surface area is 177 Å². The van der Waals surface area contributed by atoms with E-state index >= 15 is 0 Å². The van der Waals surface area contributed by atoms with Crippen molar-refractivity contribution < 1.29 is 8.42 Å². The Kier molecular flexibility index (Phi) is 5.63. The zero-order valence-corrected chi connectivity index (χ0v) is 18.0. The second kappa shape index (κ2) is 8.35. The van der Waals surface area contributed by atoms with Gasteiger partial charge in [0, 0.05) is 58.4 Å². The lowest BCUT2D eigenvalue weighted by Gasteiger charge is -2.35. The summed E-state index contributed by atoms with van der Waals surface area (Å²) in [5, 5.41) is 0. The van der Waals surface area contributed by atoms with Crippen molar-refractivity contribution >= 4 is 27.5 Å². The minimum Gasteiger partial charge on any atom is -0.353 e. The lowest BCUT2D eigenvalue weighted by molar-refractivity contribution is 0.591. The first kappa shape index (κ1) is 20.2. The average Bonchev–Trinajstić information content (AvgIpc) is 3.21. The lowest BCUT2D eigenvalue weighted by Crippen LogP contribution is -2.47. The van der Waals surface area contributed by atoms with Crippen LogP contribution < -0.4 is 14.1 Å². The number of aryl methyl sites for hydroxylation is 1. The van der Waals surface area contributed by atoms with Gasteiger partial charge in [0.1, 0.15) is 10.7 Å². The molecule has 4 rings (SSSR count). The van der Waals surface area contributed by atoms with Crippen molar-refractivity contribution in [3.63, 3.8) is 0 Å². The molecule has 0 aliphatic carbocycles. The molecule has 0 bridgehead atoms. The van der Waals surface area contributed by atoms with Crippen LogP contribution in [0.15, 0.2) is 66.0 Å². The Hall–Kier alpha value is -3.07. The van der Waals surface area contributed by atoms with E-state index in [4.69, 9.17) is 0 Å². The third kappa shape index (κ3) is 3.85. The molecule has 1 aromatic carbocycles. The molecular formula is C21H26N6O2S. The van der Waals surface area contributed by atoms with Crippen molar-refractivity contribution in [3.05, 3.63) is 61.1 Å². The monoisotopic (exact) mass is 426 g/mol. The molecule has 8 nitrogen and oxygen atoms in total. The van der Waals surface area contributed by atoms with Gasteiger partial charge in [-0.1, -0.05) is 18.2 Å². The Morgan fingerprint density at radius 2 is 1.67 bits per heavy atom. The summed E-state index contributed by atoms with van der Waals surface area (Å²) < 4.78 is 29.6. The predicted molar refractivity (Wildman–Crippen MR) is 119 cm³/mol. The summed E-state index contributed by atoms with van der Waals surface area (Å²) in [5.41, 5.74) is 0.648. The number of aromatic nitrogens is 3. The molecule has 0 spiro atoms. The second-order valence-electron chi connectivity index (χ2n) is 7.17. The number of rotatable bonds is 6. The maximum absolute atomic E-state index is 13.1. The van der Waals surface area contributed by atoms with Gasteiger partial charge in [-0.05, 0) is 31.2 Å². The first-order valence-electron chi connectivity index (χ1n) is 10.0. The Morgan fingerprint density at radius 3 is 2.23 bits per heavy atom. The first-order chi connectivity index (χ1) is 14.5. The number of hydrogen-bond acceptors (Lipinski definition) is 6. The van der Waals surface area contributed by atoms with Gasteiger partial charge >= 0.3 is 0 Å². The zero-order valence-electron chi connectivity index (χ0n) is 17.2. The van der Waals surface area contributed by atoms with Gasteiger partial charge in [0.25, 0.3) is 10.0 Å². The van der Waals surface area contributed by atoms with Crippen molar-refractivity contribution in [2.75, 3.05) is 46.8 Å². The van der Waals surface area contributed by atoms with E-state index in [1.54, 1.807) is 30.5 Å². The first-order valence-corrected chi connectivity index (χ1v) is 11.5. The van der Waals surface area contributed by atoms with E-state index in [1.807, 2.05) is 42.9 Å². The highest BCUT2D eigenvalue weighted by Gasteiger charge is 2.25. The molecule has 158 valence electrons. The van der Waals surface area contributed by atoms with E-state index in [0.29, 0.717) is 12.2 Å². The molecule has 3 aromatic rings. The molecule has 3 heterocycles. The van der Waals surface area contributed by atoms with Gasteiger partial charge in [0.2, 0.25) is 5.95 Å². The van der Waals surface area contributed by atoms with E-state index in [1.165, 1.54) is 10.5 Å². The van der Waals surface area contributed by atoms with Crippen LogP contribution in [0.1, 0.15) is 6.92 Å². The number of sulfonamides is 1. The van der Waals surface area contributed by atoms with Gasteiger partial charge < -0.3 is 14.4 Å². The lowest BCUT2D eigenvalue weighted by atomic mass is 10.3. The quantitative estimate of drug-likeness (QED) is 0.602. The predicted octanol–water partition coefficient (Wildman–Crippen LogP) is 2.36. The molecule has 0 amide bonds. The largest absolute Gasteiger partial charge is 0.353 e. The Balaban J connectivity index is 1.47. The van der Waals surface area contributed by atoms with Crippen LogP contribution in [-0.2, 0) is 17.1 Å². The fraction of sp³-hybridized carbons (Fsp3) is 0.333. The summed E-state index contributed by atoms with van der Waals surface area (Å²) in [6, 6.07) is 12.6. The third-order valence-corrected chi connectivity index (χ3v) is 7.21. The van der Waals surface area contributed by atoms with Crippen LogP contribution in [0.25, 0.3) is 0 Å². The summed E-state index contributed by atoms with van der Waals surface area (Å²) in [6.07, 6.45) is 5.20. The van der Waals surface area contributed by atoms with Crippen molar-refractivity contribution in [3.8, 4) is 0 Å². The van der Waals surface area contributed by atoms with Crippen LogP contribution in [0.5, 0.6) is 0 Å². The zero-order chi connectivity index (χ0) is 21.1. The molecule has 9 heteroatoms. The third-order valence-electron chi connectivity index (χ3n) is 5.32. The van der Waals surface area contributed by atoms with Crippen LogP contribution in [0.4, 0.5) is 17.5 Å². The fourth-order valence-corrected chi connectivity index (χ4v) is 5.14. The van der Waals surface area contributed by atoms with E-state index in [-0.39, 0.29) is 4.90 Å². The molecule has 0 atom stereocenters. The molecule has 0 N–H and O–H groups in total. The topological polar surface area (TPSA) is 74.6 Å². The van der Waals surface area contributed by atoms with Crippen molar-refractivity contribution in [1.82, 2.24) is 14.5 Å².